The molecule has 0 saturated carbocycles. The topological polar surface area (TPSA) is 46.5 Å². The molecular weight excluding hydrogens is 240 g/mol. The molecule has 0 aromatic heterocycles. The fourth-order valence-corrected chi connectivity index (χ4v) is 1.58. The van der Waals surface area contributed by atoms with Crippen LogP contribution in [-0.4, -0.2) is 11.3 Å². The molecule has 0 atom stereocenters. The molecule has 0 aliphatic carbocycles. The van der Waals surface area contributed by atoms with E-state index < -0.39 is 6.16 Å². The van der Waals surface area contributed by atoms with Gasteiger partial charge in [-0.2, -0.15) is 0 Å². The normalized spacial score (nSPS) is 9.94. The molecule has 0 aliphatic heterocycles. The van der Waals surface area contributed by atoms with Crippen LogP contribution in [0.5, 0.6) is 5.75 Å². The van der Waals surface area contributed by atoms with Gasteiger partial charge in [0.2, 0.25) is 0 Å². The Labute approximate surface area is 103 Å². The number of hydrogen-bond acceptors (Lipinski definition) is 2. The first-order valence-electron chi connectivity index (χ1n) is 4.92. The summed E-state index contributed by atoms with van der Waals surface area (Å²) in [6, 6.07) is 14.2. The molecule has 1 N–H and O–H groups in total. The van der Waals surface area contributed by atoms with E-state index in [1.54, 1.807) is 36.4 Å². The Hall–Kier alpha value is -2.00. The second-order valence-corrected chi connectivity index (χ2v) is 3.84. The third kappa shape index (κ3) is 2.98. The van der Waals surface area contributed by atoms with E-state index in [4.69, 9.17) is 16.7 Å². The number of rotatable bonds is 2. The molecule has 0 spiro atoms. The van der Waals surface area contributed by atoms with Crippen LogP contribution >= 0.6 is 11.6 Å². The van der Waals surface area contributed by atoms with Crippen molar-refractivity contribution in [3.05, 3.63) is 53.6 Å². The van der Waals surface area contributed by atoms with Crippen LogP contribution in [0, 0.1) is 0 Å². The molecule has 0 radical (unpaired) electrons. The Balaban J connectivity index is 2.23. The van der Waals surface area contributed by atoms with Crippen LogP contribution < -0.4 is 4.74 Å². The molecule has 0 heterocycles. The first-order chi connectivity index (χ1) is 8.15. The smallest absolute Gasteiger partial charge is 0.449 e. The number of carbonyl (C=O) groups is 1. The Morgan fingerprint density at radius 2 is 1.41 bits per heavy atom. The SMILES string of the molecule is O=C(O)Oc1ccc(-c2ccc(Cl)cc2)cc1. The summed E-state index contributed by atoms with van der Waals surface area (Å²) in [7, 11) is 0. The lowest BCUT2D eigenvalue weighted by Gasteiger charge is -2.03. The Kier molecular flexibility index (Phi) is 3.30. The van der Waals surface area contributed by atoms with Crippen molar-refractivity contribution in [1.82, 2.24) is 0 Å². The first kappa shape index (κ1) is 11.5. The zero-order valence-electron chi connectivity index (χ0n) is 8.76. The molecule has 0 aliphatic rings. The summed E-state index contributed by atoms with van der Waals surface area (Å²) in [4.78, 5) is 10.3. The highest BCUT2D eigenvalue weighted by atomic mass is 35.5. The van der Waals surface area contributed by atoms with Crippen molar-refractivity contribution in [2.45, 2.75) is 0 Å². The lowest BCUT2D eigenvalue weighted by molar-refractivity contribution is 0.144. The molecule has 0 saturated heterocycles. The maximum atomic E-state index is 10.3. The van der Waals surface area contributed by atoms with Crippen molar-refractivity contribution in [1.29, 1.82) is 0 Å². The number of halogens is 1. The highest BCUT2D eigenvalue weighted by Gasteiger charge is 2.01. The third-order valence-corrected chi connectivity index (χ3v) is 2.49. The van der Waals surface area contributed by atoms with Crippen LogP contribution in [0.1, 0.15) is 0 Å². The maximum absolute atomic E-state index is 10.3. The standard InChI is InChI=1S/C13H9ClO3/c14-11-5-1-9(2-6-11)10-3-7-12(8-4-10)17-13(15)16/h1-8H,(H,15,16). The van der Waals surface area contributed by atoms with E-state index in [1.807, 2.05) is 12.1 Å². The number of hydrogen-bond donors (Lipinski definition) is 1. The zero-order valence-corrected chi connectivity index (χ0v) is 9.52. The van der Waals surface area contributed by atoms with Gasteiger partial charge in [0, 0.05) is 5.02 Å². The van der Waals surface area contributed by atoms with E-state index in [0.29, 0.717) is 10.8 Å². The van der Waals surface area contributed by atoms with E-state index >= 15 is 0 Å². The highest BCUT2D eigenvalue weighted by molar-refractivity contribution is 6.30. The van der Waals surface area contributed by atoms with Crippen LogP contribution in [0.4, 0.5) is 4.79 Å². The summed E-state index contributed by atoms with van der Waals surface area (Å²) in [6.07, 6.45) is -1.32. The van der Waals surface area contributed by atoms with Gasteiger partial charge in [-0.3, -0.25) is 0 Å². The lowest BCUT2D eigenvalue weighted by Crippen LogP contribution is -2.02. The van der Waals surface area contributed by atoms with Crippen LogP contribution in [0.3, 0.4) is 0 Å². The average molecular weight is 249 g/mol. The van der Waals surface area contributed by atoms with Crippen molar-refractivity contribution in [3.63, 3.8) is 0 Å². The largest absolute Gasteiger partial charge is 0.511 e. The van der Waals surface area contributed by atoms with Gasteiger partial charge in [0.15, 0.2) is 0 Å². The predicted molar refractivity (Wildman–Crippen MR) is 65.5 cm³/mol. The molecule has 17 heavy (non-hydrogen) atoms. The van der Waals surface area contributed by atoms with Crippen molar-refractivity contribution >= 4 is 17.8 Å². The van der Waals surface area contributed by atoms with Gasteiger partial charge < -0.3 is 9.84 Å². The van der Waals surface area contributed by atoms with Crippen LogP contribution in [0.2, 0.25) is 5.02 Å². The molecule has 0 fully saturated rings. The van der Waals surface area contributed by atoms with Crippen molar-refractivity contribution in [2.75, 3.05) is 0 Å². The minimum atomic E-state index is -1.32. The van der Waals surface area contributed by atoms with E-state index in [2.05, 4.69) is 4.74 Å². The molecule has 3 nitrogen and oxygen atoms in total. The van der Waals surface area contributed by atoms with Crippen LogP contribution in [-0.2, 0) is 0 Å². The van der Waals surface area contributed by atoms with Gasteiger partial charge in [0.05, 0.1) is 0 Å². The maximum Gasteiger partial charge on any atom is 0.511 e. The van der Waals surface area contributed by atoms with Gasteiger partial charge in [-0.1, -0.05) is 35.9 Å². The molecule has 4 heteroatoms. The van der Waals surface area contributed by atoms with E-state index in [9.17, 15) is 4.79 Å². The van der Waals surface area contributed by atoms with Gasteiger partial charge in [0.1, 0.15) is 5.75 Å². The molecule has 0 unspecified atom stereocenters. The number of ether oxygens (including phenoxy) is 1. The Morgan fingerprint density at radius 1 is 0.941 bits per heavy atom. The second-order valence-electron chi connectivity index (χ2n) is 3.40. The fourth-order valence-electron chi connectivity index (χ4n) is 1.46. The van der Waals surface area contributed by atoms with Gasteiger partial charge in [-0.25, -0.2) is 4.79 Å². The summed E-state index contributed by atoms with van der Waals surface area (Å²) in [6.45, 7) is 0. The van der Waals surface area contributed by atoms with Gasteiger partial charge >= 0.3 is 6.16 Å². The summed E-state index contributed by atoms with van der Waals surface area (Å²) >= 11 is 5.80. The summed E-state index contributed by atoms with van der Waals surface area (Å²) in [5.41, 5.74) is 1.98. The minimum absolute atomic E-state index is 0.301. The van der Waals surface area contributed by atoms with Crippen LogP contribution in [0.15, 0.2) is 48.5 Å². The predicted octanol–water partition coefficient (Wildman–Crippen LogP) is 4.06. The highest BCUT2D eigenvalue weighted by Crippen LogP contribution is 2.23. The van der Waals surface area contributed by atoms with Crippen molar-refractivity contribution in [2.24, 2.45) is 0 Å². The molecule has 0 amide bonds. The number of carboxylic acid groups (broad SMARTS) is 1. The third-order valence-electron chi connectivity index (χ3n) is 2.24. The molecule has 0 bridgehead atoms. The number of benzene rings is 2. The van der Waals surface area contributed by atoms with Crippen molar-refractivity contribution < 1.29 is 14.6 Å². The molecule has 2 aromatic rings. The minimum Gasteiger partial charge on any atom is -0.449 e. The Morgan fingerprint density at radius 3 is 1.88 bits per heavy atom. The lowest BCUT2D eigenvalue weighted by atomic mass is 10.1. The quantitative estimate of drug-likeness (QED) is 0.644. The van der Waals surface area contributed by atoms with E-state index in [0.717, 1.165) is 11.1 Å². The summed E-state index contributed by atoms with van der Waals surface area (Å²) in [5, 5.41) is 9.13. The summed E-state index contributed by atoms with van der Waals surface area (Å²) < 4.78 is 4.52. The second kappa shape index (κ2) is 4.89. The monoisotopic (exact) mass is 248 g/mol. The summed E-state index contributed by atoms with van der Waals surface area (Å²) in [5.74, 6) is 0.301. The van der Waals surface area contributed by atoms with Crippen molar-refractivity contribution in [3.8, 4) is 16.9 Å². The fraction of sp³-hybridized carbons (Fsp3) is 0. The van der Waals surface area contributed by atoms with Gasteiger partial charge in [0.25, 0.3) is 0 Å². The average Bonchev–Trinajstić information content (AvgIpc) is 2.30. The molecule has 2 aromatic carbocycles. The van der Waals surface area contributed by atoms with E-state index in [-0.39, 0.29) is 0 Å². The Bertz CT molecular complexity index is 517. The van der Waals surface area contributed by atoms with Crippen LogP contribution in [0.25, 0.3) is 11.1 Å². The molecule has 2 rings (SSSR count). The zero-order chi connectivity index (χ0) is 12.3. The van der Waals surface area contributed by atoms with Gasteiger partial charge in [-0.05, 0) is 35.4 Å². The molecule has 86 valence electrons. The molecular formula is C13H9ClO3. The van der Waals surface area contributed by atoms with E-state index in [1.165, 1.54) is 0 Å². The first-order valence-corrected chi connectivity index (χ1v) is 5.30. The van der Waals surface area contributed by atoms with Gasteiger partial charge in [-0.15, -0.1) is 0 Å².